The Bertz CT molecular complexity index is 1370. The number of fused-ring (bicyclic) bond motifs is 5. The molecule has 36 heavy (non-hydrogen) atoms. The third-order valence-corrected chi connectivity index (χ3v) is 8.54. The molecule has 0 saturated heterocycles. The Labute approximate surface area is 216 Å². The second-order valence-electron chi connectivity index (χ2n) is 9.48. The first kappa shape index (κ1) is 22.9. The summed E-state index contributed by atoms with van der Waals surface area (Å²) in [6.45, 7) is 3.69. The molecular weight excluding hydrogens is 466 g/mol. The van der Waals surface area contributed by atoms with E-state index >= 15 is 0 Å². The summed E-state index contributed by atoms with van der Waals surface area (Å²) in [5, 5.41) is 4.48. The van der Waals surface area contributed by atoms with Crippen molar-refractivity contribution in [2.45, 2.75) is 51.7 Å². The zero-order valence-electron chi connectivity index (χ0n) is 20.6. The van der Waals surface area contributed by atoms with Crippen molar-refractivity contribution in [2.75, 3.05) is 6.61 Å². The number of aryl methyl sites for hydroxylation is 1. The fourth-order valence-electron chi connectivity index (χ4n) is 5.55. The number of ether oxygens (including phenoxy) is 1. The highest BCUT2D eigenvalue weighted by Crippen LogP contribution is 2.44. The molecule has 0 fully saturated rings. The van der Waals surface area contributed by atoms with Crippen LogP contribution >= 0.6 is 11.3 Å². The van der Waals surface area contributed by atoms with Gasteiger partial charge in [-0.25, -0.2) is 4.79 Å². The lowest BCUT2D eigenvalue weighted by Gasteiger charge is -2.31. The van der Waals surface area contributed by atoms with Gasteiger partial charge in [-0.15, -0.1) is 11.3 Å². The molecule has 1 atom stereocenters. The molecule has 0 radical (unpaired) electrons. The van der Waals surface area contributed by atoms with Crippen LogP contribution in [0.5, 0.6) is 5.75 Å². The maximum Gasteiger partial charge on any atom is 0.318 e. The highest BCUT2D eigenvalue weighted by atomic mass is 32.1. The van der Waals surface area contributed by atoms with Gasteiger partial charge in [-0.2, -0.15) is 0 Å². The molecule has 6 rings (SSSR count). The SMILES string of the molecule is CCOc1cccc(C2c3cccn3-c3sc4c(c3CN2C(=O)NCc2ccccc2)CCCC4)c1. The summed E-state index contributed by atoms with van der Waals surface area (Å²) in [5.41, 5.74) is 6.03. The van der Waals surface area contributed by atoms with Gasteiger partial charge in [0, 0.05) is 23.2 Å². The van der Waals surface area contributed by atoms with Gasteiger partial charge in [0.2, 0.25) is 0 Å². The van der Waals surface area contributed by atoms with E-state index in [0.29, 0.717) is 19.7 Å². The van der Waals surface area contributed by atoms with Gasteiger partial charge in [0.05, 0.1) is 24.9 Å². The van der Waals surface area contributed by atoms with Crippen molar-refractivity contribution in [1.29, 1.82) is 0 Å². The molecule has 2 aromatic carbocycles. The molecule has 5 nitrogen and oxygen atoms in total. The van der Waals surface area contributed by atoms with E-state index in [9.17, 15) is 4.79 Å². The number of urea groups is 1. The summed E-state index contributed by atoms with van der Waals surface area (Å²) in [5.74, 6) is 0.828. The first-order valence-corrected chi connectivity index (χ1v) is 13.7. The lowest BCUT2D eigenvalue weighted by molar-refractivity contribution is 0.180. The van der Waals surface area contributed by atoms with E-state index in [1.54, 1.807) is 0 Å². The lowest BCUT2D eigenvalue weighted by Crippen LogP contribution is -2.41. The number of benzene rings is 2. The molecule has 2 amide bonds. The average molecular weight is 498 g/mol. The van der Waals surface area contributed by atoms with Gasteiger partial charge in [-0.1, -0.05) is 42.5 Å². The second kappa shape index (κ2) is 9.86. The van der Waals surface area contributed by atoms with Crippen molar-refractivity contribution in [1.82, 2.24) is 14.8 Å². The Kier molecular flexibility index (Phi) is 6.28. The molecule has 0 bridgehead atoms. The maximum atomic E-state index is 13.9. The van der Waals surface area contributed by atoms with Crippen LogP contribution in [0.2, 0.25) is 0 Å². The van der Waals surface area contributed by atoms with Gasteiger partial charge in [-0.05, 0) is 73.6 Å². The number of hydrogen-bond donors (Lipinski definition) is 1. The smallest absolute Gasteiger partial charge is 0.318 e. The molecular formula is C30H31N3O2S. The Morgan fingerprint density at radius 3 is 2.75 bits per heavy atom. The van der Waals surface area contributed by atoms with Crippen molar-refractivity contribution in [3.63, 3.8) is 0 Å². The summed E-state index contributed by atoms with van der Waals surface area (Å²) in [4.78, 5) is 17.4. The van der Waals surface area contributed by atoms with E-state index in [2.05, 4.69) is 40.3 Å². The standard InChI is InChI=1S/C30H31N3O2S/c1-2-35-23-13-8-12-22(18-23)28-26-15-9-17-32(26)29-25(24-14-6-7-16-27(24)36-29)20-33(28)30(34)31-19-21-10-4-3-5-11-21/h3-5,8-13,15,17-18,28H,2,6-7,14,16,19-20H2,1H3,(H,31,34). The van der Waals surface area contributed by atoms with Crippen LogP contribution in [-0.4, -0.2) is 22.1 Å². The van der Waals surface area contributed by atoms with Gasteiger partial charge in [0.1, 0.15) is 10.8 Å². The highest BCUT2D eigenvalue weighted by Gasteiger charge is 2.36. The summed E-state index contributed by atoms with van der Waals surface area (Å²) >= 11 is 1.91. The number of nitrogens with one attached hydrogen (secondary N) is 1. The number of aromatic nitrogens is 1. The Morgan fingerprint density at radius 2 is 1.89 bits per heavy atom. The summed E-state index contributed by atoms with van der Waals surface area (Å²) < 4.78 is 8.16. The first-order valence-electron chi connectivity index (χ1n) is 12.8. The zero-order chi connectivity index (χ0) is 24.5. The normalized spacial score (nSPS) is 16.5. The van der Waals surface area contributed by atoms with E-state index in [4.69, 9.17) is 4.74 Å². The van der Waals surface area contributed by atoms with Crippen LogP contribution in [0.3, 0.4) is 0 Å². The molecule has 2 aromatic heterocycles. The van der Waals surface area contributed by atoms with E-state index in [1.807, 2.05) is 65.6 Å². The lowest BCUT2D eigenvalue weighted by atomic mass is 9.95. The molecule has 1 N–H and O–H groups in total. The Balaban J connectivity index is 1.44. The predicted molar refractivity (Wildman–Crippen MR) is 144 cm³/mol. The fourth-order valence-corrected chi connectivity index (χ4v) is 6.96. The molecule has 4 aromatic rings. The number of nitrogens with zero attached hydrogens (tertiary/aromatic N) is 2. The molecule has 0 spiro atoms. The zero-order valence-corrected chi connectivity index (χ0v) is 21.4. The quantitative estimate of drug-likeness (QED) is 0.336. The average Bonchev–Trinajstić information content (AvgIpc) is 3.50. The van der Waals surface area contributed by atoms with E-state index in [0.717, 1.165) is 35.4 Å². The van der Waals surface area contributed by atoms with Gasteiger partial charge < -0.3 is 19.5 Å². The molecule has 1 aliphatic carbocycles. The number of rotatable bonds is 5. The maximum absolute atomic E-state index is 13.9. The minimum Gasteiger partial charge on any atom is -0.494 e. The molecule has 1 unspecified atom stereocenters. The van der Waals surface area contributed by atoms with Crippen LogP contribution in [0, 0.1) is 0 Å². The number of thiophene rings is 1. The van der Waals surface area contributed by atoms with Crippen molar-refractivity contribution >= 4 is 17.4 Å². The van der Waals surface area contributed by atoms with Gasteiger partial charge in [0.25, 0.3) is 0 Å². The fraction of sp³-hybridized carbons (Fsp3) is 0.300. The molecule has 1 aliphatic heterocycles. The first-order chi connectivity index (χ1) is 17.7. The number of carbonyl (C=O) groups is 1. The second-order valence-corrected chi connectivity index (χ2v) is 10.6. The molecule has 184 valence electrons. The third-order valence-electron chi connectivity index (χ3n) is 7.21. The van der Waals surface area contributed by atoms with Gasteiger partial charge in [0.15, 0.2) is 0 Å². The molecule has 0 saturated carbocycles. The number of carbonyl (C=O) groups excluding carboxylic acids is 1. The van der Waals surface area contributed by atoms with Crippen LogP contribution in [0.15, 0.2) is 72.9 Å². The Hall–Kier alpha value is -3.51. The Morgan fingerprint density at radius 1 is 1.03 bits per heavy atom. The highest BCUT2D eigenvalue weighted by molar-refractivity contribution is 7.15. The molecule has 3 heterocycles. The minimum absolute atomic E-state index is 0.0537. The van der Waals surface area contributed by atoms with Crippen molar-refractivity contribution < 1.29 is 9.53 Å². The minimum atomic E-state index is -0.227. The monoisotopic (exact) mass is 497 g/mol. The number of hydrogen-bond acceptors (Lipinski definition) is 3. The van der Waals surface area contributed by atoms with Gasteiger partial charge >= 0.3 is 6.03 Å². The van der Waals surface area contributed by atoms with E-state index < -0.39 is 0 Å². The van der Waals surface area contributed by atoms with Crippen molar-refractivity contribution in [2.24, 2.45) is 0 Å². The van der Waals surface area contributed by atoms with Crippen LogP contribution < -0.4 is 10.1 Å². The van der Waals surface area contributed by atoms with Gasteiger partial charge in [-0.3, -0.25) is 0 Å². The topological polar surface area (TPSA) is 46.5 Å². The van der Waals surface area contributed by atoms with Crippen LogP contribution in [0.4, 0.5) is 4.79 Å². The summed E-state index contributed by atoms with van der Waals surface area (Å²) in [6.07, 6.45) is 6.86. The third kappa shape index (κ3) is 4.20. The van der Waals surface area contributed by atoms with E-state index in [1.165, 1.54) is 33.8 Å². The van der Waals surface area contributed by atoms with E-state index in [-0.39, 0.29) is 12.1 Å². The van der Waals surface area contributed by atoms with Crippen LogP contribution in [0.25, 0.3) is 5.00 Å². The largest absolute Gasteiger partial charge is 0.494 e. The molecule has 6 heteroatoms. The van der Waals surface area contributed by atoms with Crippen molar-refractivity contribution in [3.8, 4) is 10.8 Å². The number of amides is 2. The van der Waals surface area contributed by atoms with Crippen LogP contribution in [0.1, 0.15) is 58.6 Å². The van der Waals surface area contributed by atoms with Crippen molar-refractivity contribution in [3.05, 3.63) is 106 Å². The molecule has 2 aliphatic rings. The van der Waals surface area contributed by atoms with Crippen LogP contribution in [-0.2, 0) is 25.9 Å². The summed E-state index contributed by atoms with van der Waals surface area (Å²) in [7, 11) is 0. The summed E-state index contributed by atoms with van der Waals surface area (Å²) in [6, 6.07) is 22.3. The predicted octanol–water partition coefficient (Wildman–Crippen LogP) is 6.63.